The van der Waals surface area contributed by atoms with Gasteiger partial charge in [0.1, 0.15) is 11.3 Å². The summed E-state index contributed by atoms with van der Waals surface area (Å²) in [6, 6.07) is 12.0. The number of anilines is 1. The average molecular weight is 517 g/mol. The van der Waals surface area contributed by atoms with Crippen molar-refractivity contribution in [2.75, 3.05) is 52.3 Å². The number of carbonyl (C=O) groups is 1. The first-order valence-electron chi connectivity index (χ1n) is 11.7. The molecule has 0 radical (unpaired) electrons. The highest BCUT2D eigenvalue weighted by Crippen LogP contribution is 2.34. The molecule has 1 aliphatic rings. The predicted octanol–water partition coefficient (Wildman–Crippen LogP) is 3.93. The van der Waals surface area contributed by atoms with Gasteiger partial charge in [-0.15, -0.1) is 0 Å². The number of aromatic nitrogens is 1. The minimum Gasteiger partial charge on any atom is -0.494 e. The zero-order valence-corrected chi connectivity index (χ0v) is 22.2. The summed E-state index contributed by atoms with van der Waals surface area (Å²) in [5.41, 5.74) is 1.13. The van der Waals surface area contributed by atoms with Crippen LogP contribution in [0, 0.1) is 5.92 Å². The highest BCUT2D eigenvalue weighted by atomic mass is 32.2. The number of ether oxygens (including phenoxy) is 1. The Morgan fingerprint density at radius 3 is 2.57 bits per heavy atom. The van der Waals surface area contributed by atoms with Crippen LogP contribution in [0.2, 0.25) is 0 Å². The molecule has 10 heteroatoms. The van der Waals surface area contributed by atoms with Gasteiger partial charge in [-0.05, 0) is 69.3 Å². The fraction of sp³-hybridized carbons (Fsp3) is 0.440. The van der Waals surface area contributed by atoms with Gasteiger partial charge in [0.15, 0.2) is 5.13 Å². The fourth-order valence-corrected chi connectivity index (χ4v) is 6.82. The molecule has 1 fully saturated rings. The molecule has 0 bridgehead atoms. The fourth-order valence-electron chi connectivity index (χ4n) is 4.21. The second-order valence-corrected chi connectivity index (χ2v) is 12.1. The van der Waals surface area contributed by atoms with Crippen LogP contribution in [0.3, 0.4) is 0 Å². The van der Waals surface area contributed by atoms with Gasteiger partial charge in [-0.25, -0.2) is 13.4 Å². The Balaban J connectivity index is 1.62. The van der Waals surface area contributed by atoms with Crippen LogP contribution in [0.15, 0.2) is 47.4 Å². The molecule has 35 heavy (non-hydrogen) atoms. The van der Waals surface area contributed by atoms with Crippen LogP contribution in [-0.4, -0.2) is 75.9 Å². The van der Waals surface area contributed by atoms with Crippen LogP contribution in [0.5, 0.6) is 5.75 Å². The molecule has 0 N–H and O–H groups in total. The summed E-state index contributed by atoms with van der Waals surface area (Å²) in [7, 11) is 1.92. The molecule has 4 rings (SSSR count). The maximum Gasteiger partial charge on any atom is 0.260 e. The maximum absolute atomic E-state index is 13.6. The minimum atomic E-state index is -3.58. The van der Waals surface area contributed by atoms with E-state index in [9.17, 15) is 13.2 Å². The first kappa shape index (κ1) is 25.6. The molecule has 2 aromatic carbocycles. The molecule has 188 valence electrons. The van der Waals surface area contributed by atoms with E-state index in [1.807, 2.05) is 37.2 Å². The molecule has 0 spiro atoms. The van der Waals surface area contributed by atoms with Gasteiger partial charge in [0.2, 0.25) is 10.0 Å². The lowest BCUT2D eigenvalue weighted by molar-refractivity contribution is 0.0985. The number of amides is 1. The summed E-state index contributed by atoms with van der Waals surface area (Å²) in [6.07, 6.45) is 1.91. The Morgan fingerprint density at radius 2 is 1.91 bits per heavy atom. The second kappa shape index (κ2) is 10.6. The number of methoxy groups -OCH3 is 1. The van der Waals surface area contributed by atoms with E-state index >= 15 is 0 Å². The number of likely N-dealkylation sites (N-methyl/N-ethyl adjacent to an activating group) is 1. The smallest absolute Gasteiger partial charge is 0.260 e. The number of hydrogen-bond donors (Lipinski definition) is 0. The van der Waals surface area contributed by atoms with Crippen LogP contribution in [0.4, 0.5) is 5.13 Å². The second-order valence-electron chi connectivity index (χ2n) is 9.20. The van der Waals surface area contributed by atoms with Crippen molar-refractivity contribution in [1.29, 1.82) is 0 Å². The molecule has 2 heterocycles. The van der Waals surface area contributed by atoms with Gasteiger partial charge in [0.05, 0.1) is 16.7 Å². The highest BCUT2D eigenvalue weighted by molar-refractivity contribution is 7.89. The zero-order chi connectivity index (χ0) is 25.2. The van der Waals surface area contributed by atoms with E-state index in [0.29, 0.717) is 48.5 Å². The van der Waals surface area contributed by atoms with Gasteiger partial charge in [0, 0.05) is 31.7 Å². The molecule has 8 nitrogen and oxygen atoms in total. The number of hydrogen-bond acceptors (Lipinski definition) is 7. The largest absolute Gasteiger partial charge is 0.494 e. The molecule has 1 unspecified atom stereocenters. The van der Waals surface area contributed by atoms with E-state index in [1.165, 1.54) is 23.5 Å². The normalized spacial score (nSPS) is 17.1. The lowest BCUT2D eigenvalue weighted by atomic mass is 10.0. The minimum absolute atomic E-state index is 0.215. The molecule has 1 saturated heterocycles. The van der Waals surface area contributed by atoms with E-state index in [-0.39, 0.29) is 10.8 Å². The van der Waals surface area contributed by atoms with Crippen molar-refractivity contribution < 1.29 is 17.9 Å². The number of thiazole rings is 1. The number of carbonyl (C=O) groups excluding carboxylic acids is 1. The van der Waals surface area contributed by atoms with Gasteiger partial charge in [-0.1, -0.05) is 24.3 Å². The van der Waals surface area contributed by atoms with Crippen molar-refractivity contribution in [3.63, 3.8) is 0 Å². The monoisotopic (exact) mass is 516 g/mol. The Hall–Kier alpha value is -2.53. The van der Waals surface area contributed by atoms with Crippen molar-refractivity contribution in [2.24, 2.45) is 5.92 Å². The first-order valence-corrected chi connectivity index (χ1v) is 14.0. The van der Waals surface area contributed by atoms with Gasteiger partial charge in [-0.2, -0.15) is 4.31 Å². The van der Waals surface area contributed by atoms with E-state index in [2.05, 4.69) is 6.92 Å². The first-order chi connectivity index (χ1) is 16.7. The highest BCUT2D eigenvalue weighted by Gasteiger charge is 2.29. The van der Waals surface area contributed by atoms with Crippen molar-refractivity contribution in [3.05, 3.63) is 48.0 Å². The SMILES string of the molecule is COc1cccc2sc(N(CCN(C)C)C(=O)c3ccc(S(=O)(=O)N4CCCC(C)C4)cc3)nc12. The molecule has 1 atom stereocenters. The lowest BCUT2D eigenvalue weighted by Crippen LogP contribution is -2.39. The van der Waals surface area contributed by atoms with Gasteiger partial charge >= 0.3 is 0 Å². The third kappa shape index (κ3) is 5.50. The van der Waals surface area contributed by atoms with E-state index in [1.54, 1.807) is 28.4 Å². The summed E-state index contributed by atoms with van der Waals surface area (Å²) in [5.74, 6) is 0.782. The van der Waals surface area contributed by atoms with E-state index in [4.69, 9.17) is 9.72 Å². The van der Waals surface area contributed by atoms with Gasteiger partial charge in [-0.3, -0.25) is 9.69 Å². The summed E-state index contributed by atoms with van der Waals surface area (Å²) in [4.78, 5) is 22.2. The van der Waals surface area contributed by atoms with E-state index in [0.717, 1.165) is 23.1 Å². The number of benzene rings is 2. The Labute approximate surface area is 211 Å². The van der Waals surface area contributed by atoms with Gasteiger partial charge in [0.25, 0.3) is 5.91 Å². The van der Waals surface area contributed by atoms with Crippen LogP contribution in [0.25, 0.3) is 10.2 Å². The molecule has 0 saturated carbocycles. The van der Waals surface area contributed by atoms with Crippen LogP contribution < -0.4 is 9.64 Å². The van der Waals surface area contributed by atoms with Gasteiger partial charge < -0.3 is 9.64 Å². The maximum atomic E-state index is 13.6. The summed E-state index contributed by atoms with van der Waals surface area (Å²) in [5, 5.41) is 0.579. The number of piperidine rings is 1. The quantitative estimate of drug-likeness (QED) is 0.451. The third-order valence-electron chi connectivity index (χ3n) is 6.20. The van der Waals surface area contributed by atoms with Crippen molar-refractivity contribution in [3.8, 4) is 5.75 Å². The number of rotatable bonds is 8. The molecule has 0 aliphatic carbocycles. The standard InChI is InChI=1S/C25H32N4O4S2/c1-18-7-6-14-28(17-18)35(31,32)20-12-10-19(11-13-20)24(30)29(16-15-27(2)3)25-26-23-21(33-4)8-5-9-22(23)34-25/h5,8-13,18H,6-7,14-17H2,1-4H3. The Morgan fingerprint density at radius 1 is 1.17 bits per heavy atom. The number of para-hydroxylation sites is 1. The number of sulfonamides is 1. The van der Waals surface area contributed by atoms with Crippen LogP contribution >= 0.6 is 11.3 Å². The topological polar surface area (TPSA) is 83.0 Å². The molecular formula is C25H32N4O4S2. The molecule has 1 aliphatic heterocycles. The lowest BCUT2D eigenvalue weighted by Gasteiger charge is -2.30. The molecule has 1 amide bonds. The van der Waals surface area contributed by atoms with Crippen molar-refractivity contribution in [1.82, 2.24) is 14.2 Å². The van der Waals surface area contributed by atoms with Crippen molar-refractivity contribution in [2.45, 2.75) is 24.7 Å². The Kier molecular flexibility index (Phi) is 7.75. The Bertz CT molecular complexity index is 1290. The number of fused-ring (bicyclic) bond motifs is 1. The molecular weight excluding hydrogens is 484 g/mol. The zero-order valence-electron chi connectivity index (χ0n) is 20.6. The molecule has 1 aromatic heterocycles. The van der Waals surface area contributed by atoms with Crippen LogP contribution in [-0.2, 0) is 10.0 Å². The average Bonchev–Trinajstić information content (AvgIpc) is 3.28. The van der Waals surface area contributed by atoms with E-state index < -0.39 is 10.0 Å². The predicted molar refractivity (Wildman–Crippen MR) is 140 cm³/mol. The van der Waals surface area contributed by atoms with Crippen molar-refractivity contribution >= 4 is 42.6 Å². The number of nitrogens with zero attached hydrogens (tertiary/aromatic N) is 4. The summed E-state index contributed by atoms with van der Waals surface area (Å²) < 4.78 is 34.1. The third-order valence-corrected chi connectivity index (χ3v) is 9.12. The summed E-state index contributed by atoms with van der Waals surface area (Å²) >= 11 is 1.43. The van der Waals surface area contributed by atoms with Crippen LogP contribution in [0.1, 0.15) is 30.1 Å². The summed E-state index contributed by atoms with van der Waals surface area (Å²) in [6.45, 7) is 4.23. The molecule has 3 aromatic rings.